The Balaban J connectivity index is 2.42. The summed E-state index contributed by atoms with van der Waals surface area (Å²) < 4.78 is 0. The lowest BCUT2D eigenvalue weighted by Crippen LogP contribution is -2.11. The molecule has 0 spiro atoms. The molecule has 0 aliphatic carbocycles. The Labute approximate surface area is 104 Å². The summed E-state index contributed by atoms with van der Waals surface area (Å²) in [5.74, 6) is 0.0204. The molecule has 0 radical (unpaired) electrons. The summed E-state index contributed by atoms with van der Waals surface area (Å²) >= 11 is 0. The van der Waals surface area contributed by atoms with Crippen molar-refractivity contribution in [1.29, 1.82) is 0 Å². The van der Waals surface area contributed by atoms with E-state index in [1.165, 1.54) is 12.1 Å². The number of unbranched alkanes of at least 4 members (excludes halogenated alkanes) is 1. The molecule has 0 bridgehead atoms. The number of carbonyl (C=O) groups is 1. The number of nitrogens with one attached hydrogen (secondary N) is 1. The van der Waals surface area contributed by atoms with Crippen LogP contribution in [0.5, 0.6) is 0 Å². The van der Waals surface area contributed by atoms with Crippen LogP contribution in [0.2, 0.25) is 0 Å². The Kier molecular flexibility index (Phi) is 4.85. The molecular weight excluding hydrogens is 238 g/mol. The van der Waals surface area contributed by atoms with E-state index in [0.29, 0.717) is 25.2 Å². The first-order valence-corrected chi connectivity index (χ1v) is 5.44. The number of hydrogen-bond donors (Lipinski definition) is 3. The first-order chi connectivity index (χ1) is 8.50. The van der Waals surface area contributed by atoms with Crippen LogP contribution in [0.1, 0.15) is 19.3 Å². The van der Waals surface area contributed by atoms with Crippen LogP contribution in [0, 0.1) is 10.1 Å². The highest BCUT2D eigenvalue weighted by molar-refractivity contribution is 5.73. The van der Waals surface area contributed by atoms with Gasteiger partial charge in [-0.25, -0.2) is 4.98 Å². The van der Waals surface area contributed by atoms with E-state index >= 15 is 0 Å². The van der Waals surface area contributed by atoms with Gasteiger partial charge in [-0.1, -0.05) is 0 Å². The number of amides is 1. The molecule has 0 aliphatic rings. The molecule has 18 heavy (non-hydrogen) atoms. The fraction of sp³-hybridized carbons (Fsp3) is 0.400. The average molecular weight is 253 g/mol. The molecular formula is C10H15N5O3. The maximum absolute atomic E-state index is 10.5. The smallest absolute Gasteiger partial charge is 0.311 e. The summed E-state index contributed by atoms with van der Waals surface area (Å²) in [5.41, 5.74) is 10.2. The SMILES string of the molecule is NC(=O)CCCCNc1ccc([N+](=O)[O-])c(N)n1. The van der Waals surface area contributed by atoms with Crippen molar-refractivity contribution in [1.82, 2.24) is 4.98 Å². The zero-order valence-electron chi connectivity index (χ0n) is 9.76. The Morgan fingerprint density at radius 1 is 1.44 bits per heavy atom. The molecule has 5 N–H and O–H groups in total. The van der Waals surface area contributed by atoms with E-state index in [1.54, 1.807) is 0 Å². The first kappa shape index (κ1) is 13.7. The Morgan fingerprint density at radius 3 is 2.72 bits per heavy atom. The van der Waals surface area contributed by atoms with Gasteiger partial charge in [-0.2, -0.15) is 0 Å². The lowest BCUT2D eigenvalue weighted by Gasteiger charge is -2.05. The highest BCUT2D eigenvalue weighted by atomic mass is 16.6. The number of nitrogens with zero attached hydrogens (tertiary/aromatic N) is 2. The molecule has 8 nitrogen and oxygen atoms in total. The van der Waals surface area contributed by atoms with Gasteiger partial charge in [-0.3, -0.25) is 14.9 Å². The van der Waals surface area contributed by atoms with Gasteiger partial charge >= 0.3 is 5.69 Å². The van der Waals surface area contributed by atoms with Crippen molar-refractivity contribution >= 4 is 23.2 Å². The minimum atomic E-state index is -0.584. The molecule has 0 aromatic carbocycles. The molecule has 0 atom stereocenters. The largest absolute Gasteiger partial charge is 0.378 e. The number of rotatable bonds is 7. The van der Waals surface area contributed by atoms with Gasteiger partial charge in [0.1, 0.15) is 5.82 Å². The minimum Gasteiger partial charge on any atom is -0.378 e. The molecule has 0 unspecified atom stereocenters. The van der Waals surface area contributed by atoms with Crippen LogP contribution < -0.4 is 16.8 Å². The molecule has 0 aliphatic heterocycles. The van der Waals surface area contributed by atoms with E-state index in [2.05, 4.69) is 10.3 Å². The van der Waals surface area contributed by atoms with E-state index < -0.39 is 4.92 Å². The first-order valence-electron chi connectivity index (χ1n) is 5.44. The number of pyridine rings is 1. The van der Waals surface area contributed by atoms with Gasteiger partial charge in [-0.05, 0) is 18.9 Å². The monoisotopic (exact) mass is 253 g/mol. The fourth-order valence-electron chi connectivity index (χ4n) is 1.36. The van der Waals surface area contributed by atoms with E-state index in [1.807, 2.05) is 0 Å². The lowest BCUT2D eigenvalue weighted by atomic mass is 10.2. The molecule has 0 fully saturated rings. The minimum absolute atomic E-state index is 0.123. The number of aromatic nitrogens is 1. The number of nitrogen functional groups attached to an aromatic ring is 1. The van der Waals surface area contributed by atoms with E-state index in [4.69, 9.17) is 11.5 Å². The van der Waals surface area contributed by atoms with Crippen molar-refractivity contribution in [2.24, 2.45) is 5.73 Å². The van der Waals surface area contributed by atoms with Crippen molar-refractivity contribution in [2.75, 3.05) is 17.6 Å². The van der Waals surface area contributed by atoms with Crippen LogP contribution in [-0.4, -0.2) is 22.4 Å². The summed E-state index contributed by atoms with van der Waals surface area (Å²) in [7, 11) is 0. The summed E-state index contributed by atoms with van der Waals surface area (Å²) in [4.78, 5) is 24.3. The number of primary amides is 1. The summed E-state index contributed by atoms with van der Waals surface area (Å²) in [5, 5.41) is 13.5. The van der Waals surface area contributed by atoms with Crippen LogP contribution >= 0.6 is 0 Å². The molecule has 1 aromatic heterocycles. The molecule has 1 heterocycles. The number of nitro groups is 1. The second-order valence-electron chi connectivity index (χ2n) is 3.71. The normalized spacial score (nSPS) is 10.0. The van der Waals surface area contributed by atoms with Crippen LogP contribution in [0.3, 0.4) is 0 Å². The fourth-order valence-corrected chi connectivity index (χ4v) is 1.36. The van der Waals surface area contributed by atoms with Gasteiger partial charge in [0.2, 0.25) is 11.7 Å². The molecule has 1 aromatic rings. The maximum atomic E-state index is 10.5. The van der Waals surface area contributed by atoms with Crippen LogP contribution in [0.25, 0.3) is 0 Å². The third-order valence-corrected chi connectivity index (χ3v) is 2.26. The van der Waals surface area contributed by atoms with Crippen LogP contribution in [0.4, 0.5) is 17.3 Å². The Morgan fingerprint density at radius 2 is 2.17 bits per heavy atom. The van der Waals surface area contributed by atoms with Crippen LogP contribution in [-0.2, 0) is 4.79 Å². The molecule has 1 rings (SSSR count). The van der Waals surface area contributed by atoms with Gasteiger partial charge in [0, 0.05) is 19.0 Å². The van der Waals surface area contributed by atoms with Gasteiger partial charge in [0.05, 0.1) is 4.92 Å². The number of carbonyl (C=O) groups excluding carboxylic acids is 1. The second-order valence-corrected chi connectivity index (χ2v) is 3.71. The topological polar surface area (TPSA) is 137 Å². The zero-order chi connectivity index (χ0) is 13.5. The number of hydrogen-bond acceptors (Lipinski definition) is 6. The zero-order valence-corrected chi connectivity index (χ0v) is 9.76. The average Bonchev–Trinajstić information content (AvgIpc) is 2.27. The molecule has 0 saturated heterocycles. The summed E-state index contributed by atoms with van der Waals surface area (Å²) in [6, 6.07) is 2.79. The molecule has 8 heteroatoms. The molecule has 98 valence electrons. The third-order valence-electron chi connectivity index (χ3n) is 2.26. The predicted molar refractivity (Wildman–Crippen MR) is 66.8 cm³/mol. The highest BCUT2D eigenvalue weighted by Crippen LogP contribution is 2.20. The standard InChI is InChI=1S/C10H15N5O3/c11-8(16)3-1-2-6-13-9-5-4-7(15(17)18)10(12)14-9/h4-5H,1-3,6H2,(H2,11,16)(H3,12,13,14). The summed E-state index contributed by atoms with van der Waals surface area (Å²) in [6.45, 7) is 0.595. The third kappa shape index (κ3) is 4.24. The van der Waals surface area contributed by atoms with Crippen molar-refractivity contribution in [3.63, 3.8) is 0 Å². The second kappa shape index (κ2) is 6.38. The van der Waals surface area contributed by atoms with Crippen LogP contribution in [0.15, 0.2) is 12.1 Å². The van der Waals surface area contributed by atoms with Gasteiger partial charge in [0.15, 0.2) is 0 Å². The van der Waals surface area contributed by atoms with E-state index in [9.17, 15) is 14.9 Å². The molecule has 0 saturated carbocycles. The van der Waals surface area contributed by atoms with Gasteiger partial charge in [0.25, 0.3) is 0 Å². The number of anilines is 2. The van der Waals surface area contributed by atoms with E-state index in [0.717, 1.165) is 6.42 Å². The van der Waals surface area contributed by atoms with Crippen molar-refractivity contribution in [3.8, 4) is 0 Å². The van der Waals surface area contributed by atoms with Crippen molar-refractivity contribution in [3.05, 3.63) is 22.2 Å². The van der Waals surface area contributed by atoms with Gasteiger partial charge < -0.3 is 16.8 Å². The Hall–Kier alpha value is -2.38. The molecule has 1 amide bonds. The predicted octanol–water partition coefficient (Wildman–Crippen LogP) is 0.639. The van der Waals surface area contributed by atoms with Crippen molar-refractivity contribution < 1.29 is 9.72 Å². The Bertz CT molecular complexity index is 449. The summed E-state index contributed by atoms with van der Waals surface area (Å²) in [6.07, 6.45) is 1.78. The highest BCUT2D eigenvalue weighted by Gasteiger charge is 2.12. The van der Waals surface area contributed by atoms with E-state index in [-0.39, 0.29) is 17.4 Å². The quantitative estimate of drug-likeness (QED) is 0.370. The number of nitrogens with two attached hydrogens (primary N) is 2. The van der Waals surface area contributed by atoms with Gasteiger partial charge in [-0.15, -0.1) is 0 Å². The lowest BCUT2D eigenvalue weighted by molar-refractivity contribution is -0.384. The van der Waals surface area contributed by atoms with Crippen molar-refractivity contribution in [2.45, 2.75) is 19.3 Å². The maximum Gasteiger partial charge on any atom is 0.311 e.